The molecule has 0 saturated carbocycles. The Bertz CT molecular complexity index is 1250. The zero-order valence-corrected chi connectivity index (χ0v) is 24.4. The fourth-order valence-electron chi connectivity index (χ4n) is 6.16. The van der Waals surface area contributed by atoms with Gasteiger partial charge in [0.15, 0.2) is 0 Å². The first-order chi connectivity index (χ1) is 18.8. The lowest BCUT2D eigenvalue weighted by atomic mass is 9.75. The summed E-state index contributed by atoms with van der Waals surface area (Å²) in [5.41, 5.74) is 2.27. The highest BCUT2D eigenvalue weighted by molar-refractivity contribution is 7.73. The Labute approximate surface area is 235 Å². The molecule has 0 N–H and O–H groups in total. The summed E-state index contributed by atoms with van der Waals surface area (Å²) >= 11 is 0. The van der Waals surface area contributed by atoms with Crippen LogP contribution >= 0.6 is 7.92 Å². The molecular formula is C36H40NOP. The molecule has 200 valence electrons. The number of carbonyl (C=O) groups is 1. The monoisotopic (exact) mass is 533 g/mol. The van der Waals surface area contributed by atoms with E-state index in [-0.39, 0.29) is 17.4 Å². The van der Waals surface area contributed by atoms with Gasteiger partial charge in [0, 0.05) is 18.0 Å². The summed E-state index contributed by atoms with van der Waals surface area (Å²) < 4.78 is 0. The molecule has 0 bridgehead atoms. The molecule has 4 aromatic carbocycles. The van der Waals surface area contributed by atoms with E-state index in [2.05, 4.69) is 147 Å². The number of benzene rings is 4. The van der Waals surface area contributed by atoms with Crippen LogP contribution in [-0.2, 0) is 17.6 Å². The van der Waals surface area contributed by atoms with Gasteiger partial charge in [-0.05, 0) is 60.5 Å². The molecular weight excluding hydrogens is 493 g/mol. The van der Waals surface area contributed by atoms with Crippen LogP contribution in [0.5, 0.6) is 0 Å². The van der Waals surface area contributed by atoms with E-state index in [9.17, 15) is 4.79 Å². The van der Waals surface area contributed by atoms with Crippen molar-refractivity contribution >= 4 is 24.4 Å². The van der Waals surface area contributed by atoms with Crippen molar-refractivity contribution in [2.24, 2.45) is 10.8 Å². The molecule has 1 aliphatic heterocycles. The molecule has 0 unspecified atom stereocenters. The number of hydrogen-bond acceptors (Lipinski definition) is 1. The molecule has 1 saturated heterocycles. The van der Waals surface area contributed by atoms with Crippen molar-refractivity contribution in [1.82, 2.24) is 4.90 Å². The molecule has 3 heteroatoms. The summed E-state index contributed by atoms with van der Waals surface area (Å²) in [7, 11) is -0.603. The minimum Gasteiger partial charge on any atom is -0.338 e. The van der Waals surface area contributed by atoms with Gasteiger partial charge in [0.25, 0.3) is 0 Å². The second-order valence-electron chi connectivity index (χ2n) is 12.1. The predicted octanol–water partition coefficient (Wildman–Crippen LogP) is 7.24. The Morgan fingerprint density at radius 3 is 1.54 bits per heavy atom. The molecule has 1 amide bonds. The van der Waals surface area contributed by atoms with Crippen molar-refractivity contribution < 1.29 is 4.79 Å². The number of amides is 1. The molecule has 2 nitrogen and oxygen atoms in total. The fraction of sp³-hybridized carbons (Fsp3) is 0.306. The fourth-order valence-corrected chi connectivity index (χ4v) is 8.69. The van der Waals surface area contributed by atoms with Crippen LogP contribution in [0.4, 0.5) is 0 Å². The highest BCUT2D eigenvalue weighted by atomic mass is 31.1. The maximum absolute atomic E-state index is 14.1. The average molecular weight is 534 g/mol. The standard InChI is InChI=1S/C36H40NOP/c1-35(2,3)34(38)37-28-36(24-29-16-8-4-9-17-29,25-30-18-10-5-11-19-30)26-31(37)27-39(32-20-12-6-13-21-32)33-22-14-7-15-23-33/h4-23,31H,24-28H2,1-3H3/t31-/m0/s1. The summed E-state index contributed by atoms with van der Waals surface area (Å²) in [6, 6.07) is 43.8. The Kier molecular flexibility index (Phi) is 8.34. The van der Waals surface area contributed by atoms with Crippen LogP contribution in [0.2, 0.25) is 0 Å². The third-order valence-electron chi connectivity index (χ3n) is 7.89. The van der Waals surface area contributed by atoms with Gasteiger partial charge in [-0.15, -0.1) is 0 Å². The van der Waals surface area contributed by atoms with Crippen molar-refractivity contribution in [3.63, 3.8) is 0 Å². The van der Waals surface area contributed by atoms with Crippen LogP contribution in [-0.4, -0.2) is 29.6 Å². The summed E-state index contributed by atoms with van der Waals surface area (Å²) in [4.78, 5) is 16.3. The van der Waals surface area contributed by atoms with E-state index >= 15 is 0 Å². The number of nitrogens with zero attached hydrogens (tertiary/aromatic N) is 1. The molecule has 1 atom stereocenters. The third-order valence-corrected chi connectivity index (χ3v) is 10.5. The van der Waals surface area contributed by atoms with E-state index in [1.807, 2.05) is 0 Å². The van der Waals surface area contributed by atoms with Gasteiger partial charge in [0.1, 0.15) is 0 Å². The molecule has 1 aliphatic rings. The lowest BCUT2D eigenvalue weighted by Gasteiger charge is -2.34. The van der Waals surface area contributed by atoms with E-state index in [1.54, 1.807) is 0 Å². The van der Waals surface area contributed by atoms with Crippen molar-refractivity contribution in [2.75, 3.05) is 12.7 Å². The van der Waals surface area contributed by atoms with Crippen LogP contribution in [0, 0.1) is 10.8 Å². The van der Waals surface area contributed by atoms with E-state index in [4.69, 9.17) is 0 Å². The van der Waals surface area contributed by atoms with E-state index in [0.717, 1.165) is 32.0 Å². The zero-order chi connectivity index (χ0) is 27.3. The smallest absolute Gasteiger partial charge is 0.228 e. The second kappa shape index (κ2) is 11.9. The van der Waals surface area contributed by atoms with Gasteiger partial charge >= 0.3 is 0 Å². The Morgan fingerprint density at radius 2 is 1.13 bits per heavy atom. The van der Waals surface area contributed by atoms with E-state index in [1.165, 1.54) is 21.7 Å². The molecule has 5 rings (SSSR count). The first kappa shape index (κ1) is 27.4. The van der Waals surface area contributed by atoms with E-state index in [0.29, 0.717) is 0 Å². The van der Waals surface area contributed by atoms with Crippen LogP contribution in [0.3, 0.4) is 0 Å². The van der Waals surface area contributed by atoms with Crippen LogP contribution in [0.1, 0.15) is 38.3 Å². The summed E-state index contributed by atoms with van der Waals surface area (Å²) in [6.07, 6.45) is 3.94. The molecule has 1 fully saturated rings. The predicted molar refractivity (Wildman–Crippen MR) is 166 cm³/mol. The number of rotatable bonds is 8. The number of carbonyl (C=O) groups excluding carboxylic acids is 1. The molecule has 1 heterocycles. The van der Waals surface area contributed by atoms with Crippen molar-refractivity contribution in [1.29, 1.82) is 0 Å². The minimum absolute atomic E-state index is 0.0112. The van der Waals surface area contributed by atoms with Crippen LogP contribution in [0.15, 0.2) is 121 Å². The zero-order valence-electron chi connectivity index (χ0n) is 23.5. The minimum atomic E-state index is -0.603. The lowest BCUT2D eigenvalue weighted by Crippen LogP contribution is -2.45. The largest absolute Gasteiger partial charge is 0.338 e. The van der Waals surface area contributed by atoms with Gasteiger partial charge in [0.2, 0.25) is 5.91 Å². The van der Waals surface area contributed by atoms with Crippen molar-refractivity contribution in [2.45, 2.75) is 46.1 Å². The first-order valence-electron chi connectivity index (χ1n) is 14.1. The van der Waals surface area contributed by atoms with Gasteiger partial charge < -0.3 is 4.90 Å². The van der Waals surface area contributed by atoms with Crippen molar-refractivity contribution in [3.05, 3.63) is 132 Å². The highest BCUT2D eigenvalue weighted by Gasteiger charge is 2.48. The maximum Gasteiger partial charge on any atom is 0.228 e. The topological polar surface area (TPSA) is 20.3 Å². The molecule has 0 aromatic heterocycles. The van der Waals surface area contributed by atoms with Gasteiger partial charge in [-0.3, -0.25) is 4.79 Å². The SMILES string of the molecule is CC(C)(C)C(=O)N1CC(Cc2ccccc2)(Cc2ccccc2)C[C@H]1CP(c1ccccc1)c1ccccc1. The number of hydrogen-bond donors (Lipinski definition) is 0. The highest BCUT2D eigenvalue weighted by Crippen LogP contribution is 2.46. The van der Waals surface area contributed by atoms with Crippen molar-refractivity contribution in [3.8, 4) is 0 Å². The molecule has 39 heavy (non-hydrogen) atoms. The quantitative estimate of drug-likeness (QED) is 0.219. The lowest BCUT2D eigenvalue weighted by molar-refractivity contribution is -0.140. The van der Waals surface area contributed by atoms with Crippen LogP contribution in [0.25, 0.3) is 0 Å². The summed E-state index contributed by atoms with van der Waals surface area (Å²) in [5, 5.41) is 2.76. The number of likely N-dealkylation sites (tertiary alicyclic amines) is 1. The molecule has 0 radical (unpaired) electrons. The van der Waals surface area contributed by atoms with Gasteiger partial charge in [-0.25, -0.2) is 0 Å². The average Bonchev–Trinajstić information content (AvgIpc) is 3.29. The third kappa shape index (κ3) is 6.68. The normalized spacial score (nSPS) is 16.9. The van der Waals surface area contributed by atoms with E-state index < -0.39 is 13.3 Å². The van der Waals surface area contributed by atoms with Crippen LogP contribution < -0.4 is 10.6 Å². The van der Waals surface area contributed by atoms with Gasteiger partial charge in [-0.1, -0.05) is 142 Å². The second-order valence-corrected chi connectivity index (χ2v) is 14.4. The maximum atomic E-state index is 14.1. The van der Waals surface area contributed by atoms with Gasteiger partial charge in [0.05, 0.1) is 0 Å². The molecule has 0 aliphatic carbocycles. The molecule has 0 spiro atoms. The Balaban J connectivity index is 1.55. The Hall–Kier alpha value is -3.22. The molecule has 4 aromatic rings. The Morgan fingerprint density at radius 1 is 0.718 bits per heavy atom. The summed E-state index contributed by atoms with van der Waals surface area (Å²) in [5.74, 6) is 0.270. The van der Waals surface area contributed by atoms with Gasteiger partial charge in [-0.2, -0.15) is 0 Å². The first-order valence-corrected chi connectivity index (χ1v) is 15.6. The summed E-state index contributed by atoms with van der Waals surface area (Å²) in [6.45, 7) is 7.00.